The highest BCUT2D eigenvalue weighted by Gasteiger charge is 2.07. The van der Waals surface area contributed by atoms with Gasteiger partial charge in [-0.25, -0.2) is 0 Å². The minimum absolute atomic E-state index is 0.795. The van der Waals surface area contributed by atoms with E-state index in [2.05, 4.69) is 4.90 Å². The van der Waals surface area contributed by atoms with Gasteiger partial charge in [-0.2, -0.15) is 0 Å². The Kier molecular flexibility index (Phi) is 2.97. The maximum atomic E-state index is 5.81. The third-order valence-electron chi connectivity index (χ3n) is 2.45. The van der Waals surface area contributed by atoms with E-state index in [1.165, 1.54) is 11.1 Å². The zero-order valence-corrected chi connectivity index (χ0v) is 9.60. The molecule has 1 aromatic heterocycles. The second-order valence-electron chi connectivity index (χ2n) is 4.17. The molecule has 0 spiro atoms. The van der Waals surface area contributed by atoms with Gasteiger partial charge in [-0.15, -0.1) is 0 Å². The standard InChI is InChI=1S/C13H16N2O/c1-15(2)8-11-7-12(14)3-4-13(11)10-5-6-16-9-10/h3-7,9H,8,14H2,1-2H3. The molecule has 84 valence electrons. The molecule has 2 aromatic rings. The van der Waals surface area contributed by atoms with Gasteiger partial charge >= 0.3 is 0 Å². The summed E-state index contributed by atoms with van der Waals surface area (Å²) in [4.78, 5) is 2.12. The first-order chi connectivity index (χ1) is 7.66. The fourth-order valence-electron chi connectivity index (χ4n) is 1.78. The number of rotatable bonds is 3. The van der Waals surface area contributed by atoms with Crippen LogP contribution in [0.5, 0.6) is 0 Å². The van der Waals surface area contributed by atoms with Crippen LogP contribution in [-0.2, 0) is 6.54 Å². The average molecular weight is 216 g/mol. The number of nitrogens with two attached hydrogens (primary N) is 1. The molecule has 3 nitrogen and oxygen atoms in total. The van der Waals surface area contributed by atoms with Gasteiger partial charge in [-0.1, -0.05) is 6.07 Å². The van der Waals surface area contributed by atoms with Crippen molar-refractivity contribution in [2.75, 3.05) is 19.8 Å². The largest absolute Gasteiger partial charge is 0.472 e. The summed E-state index contributed by atoms with van der Waals surface area (Å²) in [6.07, 6.45) is 3.44. The van der Waals surface area contributed by atoms with Crippen LogP contribution in [0.4, 0.5) is 5.69 Å². The predicted octanol–water partition coefficient (Wildman–Crippen LogP) is 2.59. The molecule has 0 aliphatic heterocycles. The Bertz CT molecular complexity index is 461. The van der Waals surface area contributed by atoms with Gasteiger partial charge < -0.3 is 15.1 Å². The molecule has 0 amide bonds. The Balaban J connectivity index is 2.44. The molecule has 2 N–H and O–H groups in total. The number of hydrogen-bond acceptors (Lipinski definition) is 3. The second kappa shape index (κ2) is 4.41. The maximum Gasteiger partial charge on any atom is 0.0981 e. The molecular formula is C13H16N2O. The van der Waals surface area contributed by atoms with E-state index in [0.717, 1.165) is 17.8 Å². The highest BCUT2D eigenvalue weighted by molar-refractivity contribution is 5.68. The Morgan fingerprint density at radius 2 is 2.06 bits per heavy atom. The van der Waals surface area contributed by atoms with E-state index in [0.29, 0.717) is 0 Å². The van der Waals surface area contributed by atoms with Crippen molar-refractivity contribution in [3.8, 4) is 11.1 Å². The van der Waals surface area contributed by atoms with Gasteiger partial charge in [0.1, 0.15) is 0 Å². The van der Waals surface area contributed by atoms with E-state index in [1.54, 1.807) is 12.5 Å². The molecule has 0 bridgehead atoms. The normalized spacial score (nSPS) is 10.9. The molecule has 0 saturated heterocycles. The number of hydrogen-bond donors (Lipinski definition) is 1. The van der Waals surface area contributed by atoms with Gasteiger partial charge in [0.05, 0.1) is 12.5 Å². The molecule has 0 aliphatic rings. The number of nitrogen functional groups attached to an aromatic ring is 1. The Hall–Kier alpha value is -1.74. The van der Waals surface area contributed by atoms with Crippen LogP contribution >= 0.6 is 0 Å². The van der Waals surface area contributed by atoms with Gasteiger partial charge in [0.2, 0.25) is 0 Å². The summed E-state index contributed by atoms with van der Waals surface area (Å²) < 4.78 is 5.11. The average Bonchev–Trinajstić information content (AvgIpc) is 2.69. The van der Waals surface area contributed by atoms with Crippen molar-refractivity contribution in [3.63, 3.8) is 0 Å². The SMILES string of the molecule is CN(C)Cc1cc(N)ccc1-c1ccoc1. The Morgan fingerprint density at radius 1 is 1.25 bits per heavy atom. The first-order valence-corrected chi connectivity index (χ1v) is 5.22. The topological polar surface area (TPSA) is 42.4 Å². The number of nitrogens with zero attached hydrogens (tertiary/aromatic N) is 1. The van der Waals surface area contributed by atoms with E-state index < -0.39 is 0 Å². The Labute approximate surface area is 95.5 Å². The minimum atomic E-state index is 0.795. The first-order valence-electron chi connectivity index (χ1n) is 5.22. The van der Waals surface area contributed by atoms with E-state index in [1.807, 2.05) is 38.4 Å². The quantitative estimate of drug-likeness (QED) is 0.802. The van der Waals surface area contributed by atoms with Crippen LogP contribution in [0.25, 0.3) is 11.1 Å². The molecular weight excluding hydrogens is 200 g/mol. The first kappa shape index (κ1) is 10.8. The predicted molar refractivity (Wildman–Crippen MR) is 65.9 cm³/mol. The number of benzene rings is 1. The summed E-state index contributed by atoms with van der Waals surface area (Å²) in [5, 5.41) is 0. The van der Waals surface area contributed by atoms with E-state index in [4.69, 9.17) is 10.2 Å². The summed E-state index contributed by atoms with van der Waals surface area (Å²) in [6.45, 7) is 0.867. The van der Waals surface area contributed by atoms with Crippen LogP contribution in [0, 0.1) is 0 Å². The lowest BCUT2D eigenvalue weighted by atomic mass is 10.0. The van der Waals surface area contributed by atoms with Crippen LogP contribution in [0.2, 0.25) is 0 Å². The third-order valence-corrected chi connectivity index (χ3v) is 2.45. The minimum Gasteiger partial charge on any atom is -0.472 e. The number of furan rings is 1. The fourth-order valence-corrected chi connectivity index (χ4v) is 1.78. The smallest absolute Gasteiger partial charge is 0.0981 e. The van der Waals surface area contributed by atoms with E-state index in [-0.39, 0.29) is 0 Å². The van der Waals surface area contributed by atoms with Crippen molar-refractivity contribution < 1.29 is 4.42 Å². The summed E-state index contributed by atoms with van der Waals surface area (Å²) >= 11 is 0. The lowest BCUT2D eigenvalue weighted by molar-refractivity contribution is 0.403. The van der Waals surface area contributed by atoms with Crippen LogP contribution in [0.3, 0.4) is 0 Å². The summed E-state index contributed by atoms with van der Waals surface area (Å²) in [6, 6.07) is 7.94. The highest BCUT2D eigenvalue weighted by Crippen LogP contribution is 2.26. The summed E-state index contributed by atoms with van der Waals surface area (Å²) in [5.74, 6) is 0. The van der Waals surface area contributed by atoms with Crippen LogP contribution in [0.1, 0.15) is 5.56 Å². The van der Waals surface area contributed by atoms with Crippen molar-refractivity contribution >= 4 is 5.69 Å². The zero-order valence-electron chi connectivity index (χ0n) is 9.60. The molecule has 0 radical (unpaired) electrons. The van der Waals surface area contributed by atoms with Crippen molar-refractivity contribution in [1.82, 2.24) is 4.90 Å². The van der Waals surface area contributed by atoms with Gasteiger partial charge in [0.15, 0.2) is 0 Å². The summed E-state index contributed by atoms with van der Waals surface area (Å²) in [5.41, 5.74) is 10.1. The second-order valence-corrected chi connectivity index (χ2v) is 4.17. The molecule has 3 heteroatoms. The van der Waals surface area contributed by atoms with Crippen LogP contribution in [0.15, 0.2) is 41.2 Å². The maximum absolute atomic E-state index is 5.81. The summed E-state index contributed by atoms with van der Waals surface area (Å²) in [7, 11) is 4.09. The van der Waals surface area contributed by atoms with E-state index >= 15 is 0 Å². The van der Waals surface area contributed by atoms with Crippen molar-refractivity contribution in [2.45, 2.75) is 6.54 Å². The molecule has 1 aromatic carbocycles. The molecule has 0 fully saturated rings. The highest BCUT2D eigenvalue weighted by atomic mass is 16.3. The molecule has 0 atom stereocenters. The third kappa shape index (κ3) is 2.25. The van der Waals surface area contributed by atoms with Gasteiger partial charge in [-0.3, -0.25) is 0 Å². The number of anilines is 1. The zero-order chi connectivity index (χ0) is 11.5. The fraction of sp³-hybridized carbons (Fsp3) is 0.231. The lowest BCUT2D eigenvalue weighted by Crippen LogP contribution is -2.11. The van der Waals surface area contributed by atoms with Gasteiger partial charge in [0, 0.05) is 17.8 Å². The van der Waals surface area contributed by atoms with Crippen molar-refractivity contribution in [2.24, 2.45) is 0 Å². The monoisotopic (exact) mass is 216 g/mol. The molecule has 16 heavy (non-hydrogen) atoms. The molecule has 2 rings (SSSR count). The van der Waals surface area contributed by atoms with Crippen molar-refractivity contribution in [1.29, 1.82) is 0 Å². The van der Waals surface area contributed by atoms with Crippen LogP contribution < -0.4 is 5.73 Å². The van der Waals surface area contributed by atoms with Gasteiger partial charge in [0.25, 0.3) is 0 Å². The van der Waals surface area contributed by atoms with E-state index in [9.17, 15) is 0 Å². The van der Waals surface area contributed by atoms with Crippen molar-refractivity contribution in [3.05, 3.63) is 42.4 Å². The molecule has 1 heterocycles. The molecule has 0 aliphatic carbocycles. The van der Waals surface area contributed by atoms with Gasteiger partial charge in [-0.05, 0) is 43.4 Å². The Morgan fingerprint density at radius 3 is 2.69 bits per heavy atom. The van der Waals surface area contributed by atoms with Crippen LogP contribution in [-0.4, -0.2) is 19.0 Å². The molecule has 0 saturated carbocycles. The lowest BCUT2D eigenvalue weighted by Gasteiger charge is -2.14. The molecule has 0 unspecified atom stereocenters.